The zero-order valence-electron chi connectivity index (χ0n) is 6.65. The third kappa shape index (κ3) is 1.69. The van der Waals surface area contributed by atoms with Crippen LogP contribution in [0.25, 0.3) is 0 Å². The van der Waals surface area contributed by atoms with Gasteiger partial charge < -0.3 is 0 Å². The molecule has 1 fully saturated rings. The lowest BCUT2D eigenvalue weighted by Gasteiger charge is -2.21. The maximum atomic E-state index is 11.9. The van der Waals surface area contributed by atoms with Crippen molar-refractivity contribution in [1.82, 2.24) is 4.90 Å². The van der Waals surface area contributed by atoms with Gasteiger partial charge in [-0.3, -0.25) is 4.90 Å². The van der Waals surface area contributed by atoms with Gasteiger partial charge in [0.05, 0.1) is 0 Å². The third-order valence-electron chi connectivity index (χ3n) is 2.34. The molecule has 0 aliphatic carbocycles. The molecule has 2 heteroatoms. The van der Waals surface area contributed by atoms with Crippen LogP contribution < -0.4 is 0 Å². The van der Waals surface area contributed by atoms with Crippen LogP contribution in [0.1, 0.15) is 26.2 Å². The number of alkyl halides is 1. The summed E-state index contributed by atoms with van der Waals surface area (Å²) in [7, 11) is 0. The molecule has 1 heterocycles. The van der Waals surface area contributed by atoms with E-state index in [0.717, 1.165) is 6.54 Å². The normalized spacial score (nSPS) is 27.6. The highest BCUT2D eigenvalue weighted by molar-refractivity contribution is 4.77. The highest BCUT2D eigenvalue weighted by Crippen LogP contribution is 2.18. The molecule has 1 nitrogen and oxygen atoms in total. The van der Waals surface area contributed by atoms with Crippen LogP contribution in [-0.2, 0) is 0 Å². The Morgan fingerprint density at radius 1 is 1.60 bits per heavy atom. The Balaban J connectivity index is 2.27. The van der Waals surface area contributed by atoms with Crippen LogP contribution in [0.4, 0.5) is 4.39 Å². The van der Waals surface area contributed by atoms with Gasteiger partial charge in [-0.05, 0) is 25.8 Å². The fraction of sp³-hybridized carbons (Fsp3) is 1.00. The van der Waals surface area contributed by atoms with Crippen LogP contribution in [-0.4, -0.2) is 30.7 Å². The van der Waals surface area contributed by atoms with Gasteiger partial charge in [0.25, 0.3) is 0 Å². The fourth-order valence-corrected chi connectivity index (χ4v) is 1.76. The van der Waals surface area contributed by atoms with Crippen molar-refractivity contribution in [3.05, 3.63) is 0 Å². The van der Waals surface area contributed by atoms with Crippen LogP contribution in [0.15, 0.2) is 0 Å². The maximum Gasteiger partial charge on any atom is 0.102 e. The lowest BCUT2D eigenvalue weighted by Crippen LogP contribution is -2.30. The van der Waals surface area contributed by atoms with Gasteiger partial charge in [-0.25, -0.2) is 4.39 Å². The van der Waals surface area contributed by atoms with Crippen LogP contribution in [0, 0.1) is 0 Å². The van der Waals surface area contributed by atoms with E-state index in [4.69, 9.17) is 0 Å². The molecule has 0 N–H and O–H groups in total. The largest absolute Gasteiger partial charge is 0.298 e. The van der Waals surface area contributed by atoms with Crippen molar-refractivity contribution in [3.8, 4) is 0 Å². The molecule has 1 saturated heterocycles. The lowest BCUT2D eigenvalue weighted by atomic mass is 10.2. The fourth-order valence-electron chi connectivity index (χ4n) is 1.76. The SMILES string of the molecule is CC[C@H]1CCCN1CCF. The van der Waals surface area contributed by atoms with E-state index in [1.54, 1.807) is 0 Å². The predicted molar refractivity (Wildman–Crippen MR) is 40.9 cm³/mol. The van der Waals surface area contributed by atoms with Crippen LogP contribution in [0.2, 0.25) is 0 Å². The van der Waals surface area contributed by atoms with Gasteiger partial charge in [0, 0.05) is 12.6 Å². The van der Waals surface area contributed by atoms with E-state index < -0.39 is 0 Å². The molecule has 10 heavy (non-hydrogen) atoms. The number of rotatable bonds is 3. The topological polar surface area (TPSA) is 3.24 Å². The van der Waals surface area contributed by atoms with Crippen molar-refractivity contribution in [2.75, 3.05) is 19.8 Å². The Kier molecular flexibility index (Phi) is 3.13. The first-order valence-electron chi connectivity index (χ1n) is 4.18. The molecule has 0 aromatic rings. The molecule has 1 aliphatic heterocycles. The third-order valence-corrected chi connectivity index (χ3v) is 2.34. The van der Waals surface area contributed by atoms with E-state index >= 15 is 0 Å². The van der Waals surface area contributed by atoms with Crippen LogP contribution >= 0.6 is 0 Å². The zero-order valence-corrected chi connectivity index (χ0v) is 6.65. The number of likely N-dealkylation sites (tertiary alicyclic amines) is 1. The van der Waals surface area contributed by atoms with Gasteiger partial charge in [-0.15, -0.1) is 0 Å². The van der Waals surface area contributed by atoms with Crippen LogP contribution in [0.3, 0.4) is 0 Å². The summed E-state index contributed by atoms with van der Waals surface area (Å²) in [4.78, 5) is 2.26. The molecule has 0 aromatic heterocycles. The standard InChI is InChI=1S/C8H16FN/c1-2-8-4-3-6-10(8)7-5-9/h8H,2-7H2,1H3/t8-/m0/s1. The molecule has 0 amide bonds. The summed E-state index contributed by atoms with van der Waals surface area (Å²) in [5.41, 5.74) is 0. The number of nitrogens with zero attached hydrogens (tertiary/aromatic N) is 1. The molecule has 1 rings (SSSR count). The number of hydrogen-bond donors (Lipinski definition) is 0. The minimum absolute atomic E-state index is 0.184. The molecule has 0 spiro atoms. The second kappa shape index (κ2) is 3.91. The Morgan fingerprint density at radius 2 is 2.40 bits per heavy atom. The minimum atomic E-state index is -0.184. The van der Waals surface area contributed by atoms with Crippen molar-refractivity contribution < 1.29 is 4.39 Å². The first-order valence-corrected chi connectivity index (χ1v) is 4.18. The van der Waals surface area contributed by atoms with E-state index in [-0.39, 0.29) is 6.67 Å². The molecule has 0 bridgehead atoms. The summed E-state index contributed by atoms with van der Waals surface area (Å²) in [5, 5.41) is 0. The second-order valence-corrected chi connectivity index (χ2v) is 2.93. The molecule has 0 unspecified atom stereocenters. The molecular weight excluding hydrogens is 129 g/mol. The van der Waals surface area contributed by atoms with Crippen molar-refractivity contribution in [3.63, 3.8) is 0 Å². The second-order valence-electron chi connectivity index (χ2n) is 2.93. The number of halogens is 1. The van der Waals surface area contributed by atoms with E-state index in [0.29, 0.717) is 12.6 Å². The smallest absolute Gasteiger partial charge is 0.102 e. The van der Waals surface area contributed by atoms with Gasteiger partial charge in [0.1, 0.15) is 6.67 Å². The molecule has 1 aliphatic rings. The van der Waals surface area contributed by atoms with E-state index in [2.05, 4.69) is 11.8 Å². The van der Waals surface area contributed by atoms with Gasteiger partial charge in [0.2, 0.25) is 0 Å². The zero-order chi connectivity index (χ0) is 7.40. The summed E-state index contributed by atoms with van der Waals surface area (Å²) in [6.07, 6.45) is 3.72. The summed E-state index contributed by atoms with van der Waals surface area (Å²) in [6, 6.07) is 0.677. The van der Waals surface area contributed by atoms with Gasteiger partial charge in [0.15, 0.2) is 0 Å². The van der Waals surface area contributed by atoms with Crippen molar-refractivity contribution in [2.45, 2.75) is 32.2 Å². The summed E-state index contributed by atoms with van der Waals surface area (Å²) in [5.74, 6) is 0. The monoisotopic (exact) mass is 145 g/mol. The summed E-state index contributed by atoms with van der Waals surface area (Å²) in [6.45, 7) is 3.76. The van der Waals surface area contributed by atoms with Gasteiger partial charge in [-0.2, -0.15) is 0 Å². The molecule has 0 radical (unpaired) electrons. The number of hydrogen-bond acceptors (Lipinski definition) is 1. The van der Waals surface area contributed by atoms with E-state index in [9.17, 15) is 4.39 Å². The quantitative estimate of drug-likeness (QED) is 0.585. The Hall–Kier alpha value is -0.110. The minimum Gasteiger partial charge on any atom is -0.298 e. The Bertz CT molecular complexity index is 95.3. The summed E-state index contributed by atoms with van der Waals surface area (Å²) >= 11 is 0. The first-order chi connectivity index (χ1) is 4.88. The predicted octanol–water partition coefficient (Wildman–Crippen LogP) is 1.83. The van der Waals surface area contributed by atoms with E-state index in [1.165, 1.54) is 19.3 Å². The van der Waals surface area contributed by atoms with Crippen molar-refractivity contribution >= 4 is 0 Å². The van der Waals surface area contributed by atoms with Gasteiger partial charge >= 0.3 is 0 Å². The average Bonchev–Trinajstić information content (AvgIpc) is 2.36. The molecule has 0 aromatic carbocycles. The Morgan fingerprint density at radius 3 is 3.00 bits per heavy atom. The lowest BCUT2D eigenvalue weighted by molar-refractivity contribution is 0.226. The van der Waals surface area contributed by atoms with Crippen molar-refractivity contribution in [2.24, 2.45) is 0 Å². The molecule has 60 valence electrons. The van der Waals surface area contributed by atoms with Gasteiger partial charge in [-0.1, -0.05) is 6.92 Å². The molecule has 1 atom stereocenters. The molecular formula is C8H16FN. The summed E-state index contributed by atoms with van der Waals surface area (Å²) < 4.78 is 11.9. The highest BCUT2D eigenvalue weighted by atomic mass is 19.1. The van der Waals surface area contributed by atoms with E-state index in [1.807, 2.05) is 0 Å². The first kappa shape index (κ1) is 7.99. The Labute approximate surface area is 62.2 Å². The highest BCUT2D eigenvalue weighted by Gasteiger charge is 2.21. The van der Waals surface area contributed by atoms with Crippen molar-refractivity contribution in [1.29, 1.82) is 0 Å². The maximum absolute atomic E-state index is 11.9. The average molecular weight is 145 g/mol. The molecule has 0 saturated carbocycles. The van der Waals surface area contributed by atoms with Crippen LogP contribution in [0.5, 0.6) is 0 Å².